The van der Waals surface area contributed by atoms with Gasteiger partial charge in [0.1, 0.15) is 9.79 Å². The van der Waals surface area contributed by atoms with Gasteiger partial charge in [-0.2, -0.15) is 0 Å². The number of methoxy groups -OCH3 is 1. The van der Waals surface area contributed by atoms with E-state index in [4.69, 9.17) is 4.74 Å². The minimum absolute atomic E-state index is 0.0104. The molecule has 0 fully saturated rings. The number of hydrogen-bond donors (Lipinski definition) is 2. The van der Waals surface area contributed by atoms with Gasteiger partial charge in [0.25, 0.3) is 0 Å². The van der Waals surface area contributed by atoms with Crippen molar-refractivity contribution in [3.05, 3.63) is 17.7 Å². The molecular weight excluding hydrogens is 276 g/mol. The molecule has 0 saturated carbocycles. The highest BCUT2D eigenvalue weighted by Crippen LogP contribution is 2.33. The van der Waals surface area contributed by atoms with Gasteiger partial charge in [-0.05, 0) is 30.0 Å². The van der Waals surface area contributed by atoms with Gasteiger partial charge < -0.3 is 13.8 Å². The molecule has 1 rings (SSSR count). The van der Waals surface area contributed by atoms with Crippen LogP contribution in [0.1, 0.15) is 31.7 Å². The van der Waals surface area contributed by atoms with Gasteiger partial charge in [0.2, 0.25) is 0 Å². The summed E-state index contributed by atoms with van der Waals surface area (Å²) in [5.41, 5.74) is 0.744. The van der Waals surface area contributed by atoms with Crippen LogP contribution in [0.2, 0.25) is 0 Å². The fourth-order valence-electron chi connectivity index (χ4n) is 1.58. The molecule has 0 aliphatic carbocycles. The lowest BCUT2D eigenvalue weighted by Crippen LogP contribution is -2.04. The molecule has 0 spiro atoms. The summed E-state index contributed by atoms with van der Waals surface area (Å²) in [6, 6.07) is 3.08. The molecule has 0 saturated heterocycles. The van der Waals surface area contributed by atoms with E-state index in [-0.39, 0.29) is 21.5 Å². The average Bonchev–Trinajstić information content (AvgIpc) is 2.35. The average molecular weight is 292 g/mol. The Kier molecular flexibility index (Phi) is 5.46. The Balaban J connectivity index is 3.53. The molecule has 3 unspecified atom stereocenters. The Bertz CT molecular complexity index is 451. The second-order valence-corrected chi connectivity index (χ2v) is 5.73. The maximum absolute atomic E-state index is 11.3. The van der Waals surface area contributed by atoms with E-state index in [0.29, 0.717) is 0 Å². The Morgan fingerprint density at radius 2 is 1.67 bits per heavy atom. The minimum atomic E-state index is -2.27. The van der Waals surface area contributed by atoms with Crippen molar-refractivity contribution in [1.82, 2.24) is 0 Å². The summed E-state index contributed by atoms with van der Waals surface area (Å²) >= 11 is -4.53. The monoisotopic (exact) mass is 292 g/mol. The number of hydrogen-bond acceptors (Lipinski definition) is 3. The van der Waals surface area contributed by atoms with Gasteiger partial charge in [0, 0.05) is 0 Å². The summed E-state index contributed by atoms with van der Waals surface area (Å²) in [7, 11) is 1.30. The van der Waals surface area contributed by atoms with Crippen LogP contribution in [0.5, 0.6) is 5.75 Å². The molecule has 0 radical (unpaired) electrons. The molecule has 0 aromatic heterocycles. The molecular formula is C11H16O5S2. The maximum Gasteiger partial charge on any atom is 0.190 e. The van der Waals surface area contributed by atoms with Crippen molar-refractivity contribution in [3.8, 4) is 5.75 Å². The van der Waals surface area contributed by atoms with E-state index in [0.717, 1.165) is 12.0 Å². The third-order valence-electron chi connectivity index (χ3n) is 2.80. The maximum atomic E-state index is 11.3. The highest BCUT2D eigenvalue weighted by molar-refractivity contribution is 7.80. The van der Waals surface area contributed by atoms with Crippen molar-refractivity contribution in [2.45, 2.75) is 36.0 Å². The van der Waals surface area contributed by atoms with Gasteiger partial charge in [-0.25, -0.2) is 8.42 Å². The molecule has 0 amide bonds. The lowest BCUT2D eigenvalue weighted by atomic mass is 9.99. The van der Waals surface area contributed by atoms with Crippen molar-refractivity contribution in [2.75, 3.05) is 7.11 Å². The van der Waals surface area contributed by atoms with Gasteiger partial charge >= 0.3 is 0 Å². The zero-order valence-electron chi connectivity index (χ0n) is 10.4. The van der Waals surface area contributed by atoms with Crippen LogP contribution >= 0.6 is 0 Å². The molecule has 5 nitrogen and oxygen atoms in total. The largest absolute Gasteiger partial charge is 0.494 e. The van der Waals surface area contributed by atoms with Crippen LogP contribution < -0.4 is 4.74 Å². The second-order valence-electron chi connectivity index (χ2n) is 3.86. The van der Waals surface area contributed by atoms with Crippen molar-refractivity contribution in [2.24, 2.45) is 0 Å². The first kappa shape index (κ1) is 15.3. The van der Waals surface area contributed by atoms with Crippen molar-refractivity contribution in [3.63, 3.8) is 0 Å². The van der Waals surface area contributed by atoms with Crippen LogP contribution in [-0.2, 0) is 22.2 Å². The molecule has 1 aromatic carbocycles. The molecule has 7 heteroatoms. The molecule has 0 aliphatic rings. The first-order valence-corrected chi connectivity index (χ1v) is 7.57. The molecule has 3 atom stereocenters. The fraction of sp³-hybridized carbons (Fsp3) is 0.455. The third kappa shape index (κ3) is 3.17. The Labute approximate surface area is 111 Å². The summed E-state index contributed by atoms with van der Waals surface area (Å²) in [4.78, 5) is 0.0420. The van der Waals surface area contributed by atoms with Crippen LogP contribution in [-0.4, -0.2) is 24.6 Å². The zero-order valence-corrected chi connectivity index (χ0v) is 12.0. The van der Waals surface area contributed by atoms with Crippen molar-refractivity contribution >= 4 is 22.2 Å². The smallest absolute Gasteiger partial charge is 0.190 e. The molecule has 0 heterocycles. The minimum Gasteiger partial charge on any atom is -0.494 e. The number of rotatable bonds is 5. The fourth-order valence-corrected chi connectivity index (χ4v) is 2.82. The standard InChI is InChI=1S/C11H16O5S2/c1-4-7(2)8-5-9(17(12)13)11(16-3)10(6-8)18(14)15/h5-7H,4H2,1-3H3,(H,12,13)(H,14,15). The number of benzene rings is 1. The van der Waals surface area contributed by atoms with Crippen LogP contribution in [0, 0.1) is 0 Å². The summed E-state index contributed by atoms with van der Waals surface area (Å²) in [6.07, 6.45) is 0.821. The van der Waals surface area contributed by atoms with Gasteiger partial charge in [-0.3, -0.25) is 0 Å². The van der Waals surface area contributed by atoms with Gasteiger partial charge in [0.15, 0.2) is 27.9 Å². The topological polar surface area (TPSA) is 83.8 Å². The summed E-state index contributed by atoms with van der Waals surface area (Å²) < 4.78 is 46.0. The predicted molar refractivity (Wildman–Crippen MR) is 69.8 cm³/mol. The number of ether oxygens (including phenoxy) is 1. The van der Waals surface area contributed by atoms with Crippen molar-refractivity contribution < 1.29 is 22.3 Å². The lowest BCUT2D eigenvalue weighted by molar-refractivity contribution is 0.388. The molecule has 1 aromatic rings. The van der Waals surface area contributed by atoms with Crippen molar-refractivity contribution in [1.29, 1.82) is 0 Å². The van der Waals surface area contributed by atoms with Crippen LogP contribution in [0.25, 0.3) is 0 Å². The van der Waals surface area contributed by atoms with E-state index in [1.165, 1.54) is 7.11 Å². The summed E-state index contributed by atoms with van der Waals surface area (Å²) in [5, 5.41) is 0. The summed E-state index contributed by atoms with van der Waals surface area (Å²) in [5.74, 6) is 0.115. The highest BCUT2D eigenvalue weighted by atomic mass is 32.2. The van der Waals surface area contributed by atoms with E-state index in [2.05, 4.69) is 0 Å². The van der Waals surface area contributed by atoms with E-state index < -0.39 is 22.2 Å². The SMILES string of the molecule is CCC(C)c1cc(S(=O)O)c(OC)c(S(=O)O)c1. The lowest BCUT2D eigenvalue weighted by Gasteiger charge is -2.15. The Hall–Kier alpha value is -0.760. The third-order valence-corrected chi connectivity index (χ3v) is 4.16. The van der Waals surface area contributed by atoms with Gasteiger partial charge in [-0.1, -0.05) is 13.8 Å². The van der Waals surface area contributed by atoms with Crippen LogP contribution in [0.3, 0.4) is 0 Å². The van der Waals surface area contributed by atoms with E-state index in [1.54, 1.807) is 12.1 Å². The van der Waals surface area contributed by atoms with Crippen LogP contribution in [0.15, 0.2) is 21.9 Å². The molecule has 2 N–H and O–H groups in total. The summed E-state index contributed by atoms with van der Waals surface area (Å²) in [6.45, 7) is 3.91. The highest BCUT2D eigenvalue weighted by Gasteiger charge is 2.20. The Morgan fingerprint density at radius 3 is 1.94 bits per heavy atom. The molecule has 0 bridgehead atoms. The van der Waals surface area contributed by atoms with E-state index in [1.807, 2.05) is 13.8 Å². The quantitative estimate of drug-likeness (QED) is 0.814. The van der Waals surface area contributed by atoms with E-state index >= 15 is 0 Å². The van der Waals surface area contributed by atoms with Crippen LogP contribution in [0.4, 0.5) is 0 Å². The molecule has 18 heavy (non-hydrogen) atoms. The first-order chi connectivity index (χ1) is 8.42. The molecule has 0 aliphatic heterocycles. The first-order valence-electron chi connectivity index (χ1n) is 5.36. The Morgan fingerprint density at radius 1 is 1.22 bits per heavy atom. The molecule has 102 valence electrons. The van der Waals surface area contributed by atoms with E-state index in [9.17, 15) is 17.5 Å². The van der Waals surface area contributed by atoms with Gasteiger partial charge in [0.05, 0.1) is 7.11 Å². The van der Waals surface area contributed by atoms with Gasteiger partial charge in [-0.15, -0.1) is 0 Å². The normalized spacial score (nSPS) is 16.1. The predicted octanol–water partition coefficient (Wildman–Crippen LogP) is 2.37. The zero-order chi connectivity index (χ0) is 13.9. The second kappa shape index (κ2) is 6.42.